The van der Waals surface area contributed by atoms with Crippen LogP contribution in [0.5, 0.6) is 0 Å². The lowest BCUT2D eigenvalue weighted by Crippen LogP contribution is -2.50. The van der Waals surface area contributed by atoms with Crippen LogP contribution in [0, 0.1) is 23.2 Å². The monoisotopic (exact) mass is 292 g/mol. The molecule has 1 saturated heterocycles. The van der Waals surface area contributed by atoms with Crippen LogP contribution in [0.15, 0.2) is 0 Å². The van der Waals surface area contributed by atoms with Crippen molar-refractivity contribution in [1.29, 1.82) is 0 Å². The lowest BCUT2D eigenvalue weighted by molar-refractivity contribution is 0.0583. The minimum atomic E-state index is 0.742. The summed E-state index contributed by atoms with van der Waals surface area (Å²) in [5.41, 5.74) is 0.769. The molecule has 1 heterocycles. The zero-order valence-corrected chi connectivity index (χ0v) is 14.5. The van der Waals surface area contributed by atoms with Gasteiger partial charge in [-0.2, -0.15) is 0 Å². The van der Waals surface area contributed by atoms with Crippen LogP contribution in [-0.4, -0.2) is 37.6 Å². The lowest BCUT2D eigenvalue weighted by Gasteiger charge is -2.45. The van der Waals surface area contributed by atoms with E-state index in [9.17, 15) is 0 Å². The first-order chi connectivity index (χ1) is 10.1. The highest BCUT2D eigenvalue weighted by Gasteiger charge is 2.39. The predicted molar refractivity (Wildman–Crippen MR) is 90.5 cm³/mol. The van der Waals surface area contributed by atoms with Crippen LogP contribution in [0.3, 0.4) is 0 Å². The fraction of sp³-hybridized carbons (Fsp3) is 1.00. The molecular weight excluding hydrogens is 256 g/mol. The van der Waals surface area contributed by atoms with E-state index in [1.165, 1.54) is 71.0 Å². The Hall–Kier alpha value is -0.0800. The van der Waals surface area contributed by atoms with Gasteiger partial charge in [-0.15, -0.1) is 0 Å². The Morgan fingerprint density at radius 1 is 1.00 bits per heavy atom. The minimum Gasteiger partial charge on any atom is -0.317 e. The summed E-state index contributed by atoms with van der Waals surface area (Å²) >= 11 is 0. The highest BCUT2D eigenvalue weighted by Crippen LogP contribution is 2.46. The van der Waals surface area contributed by atoms with Crippen molar-refractivity contribution in [1.82, 2.24) is 10.2 Å². The van der Waals surface area contributed by atoms with Gasteiger partial charge in [-0.05, 0) is 81.8 Å². The van der Waals surface area contributed by atoms with Gasteiger partial charge in [0.05, 0.1) is 0 Å². The van der Waals surface area contributed by atoms with E-state index in [0.717, 1.165) is 29.2 Å². The predicted octanol–water partition coefficient (Wildman–Crippen LogP) is 3.91. The Labute approximate surface area is 132 Å². The normalized spacial score (nSPS) is 40.7. The molecule has 0 aromatic heterocycles. The molecule has 2 saturated carbocycles. The van der Waals surface area contributed by atoms with Crippen molar-refractivity contribution in [3.05, 3.63) is 0 Å². The van der Waals surface area contributed by atoms with E-state index in [-0.39, 0.29) is 0 Å². The second-order valence-electron chi connectivity index (χ2n) is 8.62. The molecule has 0 aromatic carbocycles. The number of likely N-dealkylation sites (tertiary alicyclic amines) is 1. The molecule has 3 fully saturated rings. The first kappa shape index (κ1) is 15.8. The van der Waals surface area contributed by atoms with Gasteiger partial charge < -0.3 is 10.2 Å². The third-order valence-electron chi connectivity index (χ3n) is 7.10. The highest BCUT2D eigenvalue weighted by atomic mass is 15.1. The molecule has 2 nitrogen and oxygen atoms in total. The van der Waals surface area contributed by atoms with Crippen LogP contribution in [0.4, 0.5) is 0 Å². The molecule has 2 heteroatoms. The molecule has 1 aliphatic heterocycles. The molecule has 3 rings (SSSR count). The Kier molecular flexibility index (Phi) is 4.95. The average molecular weight is 293 g/mol. The smallest absolute Gasteiger partial charge is 0.0110 e. The maximum absolute atomic E-state index is 3.63. The fourth-order valence-electron chi connectivity index (χ4n) is 5.68. The van der Waals surface area contributed by atoms with Crippen molar-refractivity contribution in [2.45, 2.75) is 71.3 Å². The number of rotatable bonds is 3. The van der Waals surface area contributed by atoms with Gasteiger partial charge in [0, 0.05) is 12.6 Å². The second kappa shape index (κ2) is 6.58. The van der Waals surface area contributed by atoms with Gasteiger partial charge in [0.15, 0.2) is 0 Å². The summed E-state index contributed by atoms with van der Waals surface area (Å²) in [7, 11) is 2.17. The molecular formula is C19H36N2. The lowest BCUT2D eigenvalue weighted by atomic mass is 9.71. The molecule has 21 heavy (non-hydrogen) atoms. The molecule has 0 amide bonds. The zero-order valence-electron chi connectivity index (χ0n) is 14.5. The number of nitrogens with one attached hydrogen (secondary N) is 1. The molecule has 3 aliphatic rings. The van der Waals surface area contributed by atoms with Gasteiger partial charge in [-0.25, -0.2) is 0 Å². The van der Waals surface area contributed by atoms with Crippen molar-refractivity contribution in [3.8, 4) is 0 Å². The maximum atomic E-state index is 3.63. The summed E-state index contributed by atoms with van der Waals surface area (Å²) in [5, 5.41) is 3.63. The van der Waals surface area contributed by atoms with E-state index in [1.807, 2.05) is 0 Å². The van der Waals surface area contributed by atoms with Gasteiger partial charge in [0.25, 0.3) is 0 Å². The molecule has 1 N–H and O–H groups in total. The van der Waals surface area contributed by atoms with E-state index in [2.05, 4.69) is 31.1 Å². The number of hydrogen-bond donors (Lipinski definition) is 1. The molecule has 4 unspecified atom stereocenters. The first-order valence-electron chi connectivity index (χ1n) is 9.51. The third-order valence-corrected chi connectivity index (χ3v) is 7.10. The Balaban J connectivity index is 1.54. The first-order valence-corrected chi connectivity index (χ1v) is 9.51. The Morgan fingerprint density at radius 3 is 2.29 bits per heavy atom. The van der Waals surface area contributed by atoms with Gasteiger partial charge in [-0.3, -0.25) is 0 Å². The minimum absolute atomic E-state index is 0.742. The van der Waals surface area contributed by atoms with Crippen molar-refractivity contribution in [2.75, 3.05) is 26.7 Å². The molecule has 4 atom stereocenters. The van der Waals surface area contributed by atoms with Gasteiger partial charge >= 0.3 is 0 Å². The Morgan fingerprint density at radius 2 is 1.67 bits per heavy atom. The number of hydrogen-bond acceptors (Lipinski definition) is 2. The van der Waals surface area contributed by atoms with E-state index >= 15 is 0 Å². The van der Waals surface area contributed by atoms with E-state index in [1.54, 1.807) is 0 Å². The quantitative estimate of drug-likeness (QED) is 0.848. The molecule has 122 valence electrons. The van der Waals surface area contributed by atoms with E-state index in [4.69, 9.17) is 0 Å². The van der Waals surface area contributed by atoms with Gasteiger partial charge in [0.2, 0.25) is 0 Å². The second-order valence-corrected chi connectivity index (χ2v) is 8.62. The van der Waals surface area contributed by atoms with Crippen molar-refractivity contribution in [2.24, 2.45) is 23.2 Å². The average Bonchev–Trinajstić information content (AvgIpc) is 2.92. The SMILES string of the molecule is CNC1CC(C)CC(C)C1CN1CCC2(CCCC2)CC1. The summed E-state index contributed by atoms with van der Waals surface area (Å²) in [6.45, 7) is 9.01. The standard InChI is InChI=1S/C19H36N2/c1-15-12-16(2)17(18(13-15)20-3)14-21-10-8-19(9-11-21)6-4-5-7-19/h15-18,20H,4-14H2,1-3H3. The molecule has 2 aliphatic carbocycles. The summed E-state index contributed by atoms with van der Waals surface area (Å²) in [6.07, 6.45) is 11.8. The molecule has 1 spiro atoms. The van der Waals surface area contributed by atoms with Crippen molar-refractivity contribution in [3.63, 3.8) is 0 Å². The largest absolute Gasteiger partial charge is 0.317 e. The Bertz CT molecular complexity index is 324. The van der Waals surface area contributed by atoms with E-state index < -0.39 is 0 Å². The molecule has 0 radical (unpaired) electrons. The summed E-state index contributed by atoms with van der Waals surface area (Å²) < 4.78 is 0. The van der Waals surface area contributed by atoms with Gasteiger partial charge in [-0.1, -0.05) is 26.7 Å². The van der Waals surface area contributed by atoms with E-state index in [0.29, 0.717) is 0 Å². The highest BCUT2D eigenvalue weighted by molar-refractivity contribution is 4.93. The van der Waals surface area contributed by atoms with Crippen LogP contribution in [0.2, 0.25) is 0 Å². The van der Waals surface area contributed by atoms with Crippen LogP contribution in [-0.2, 0) is 0 Å². The fourth-order valence-corrected chi connectivity index (χ4v) is 5.68. The van der Waals surface area contributed by atoms with Crippen LogP contribution >= 0.6 is 0 Å². The van der Waals surface area contributed by atoms with Crippen LogP contribution in [0.25, 0.3) is 0 Å². The summed E-state index contributed by atoms with van der Waals surface area (Å²) in [4.78, 5) is 2.80. The third kappa shape index (κ3) is 3.47. The van der Waals surface area contributed by atoms with Crippen molar-refractivity contribution < 1.29 is 0 Å². The van der Waals surface area contributed by atoms with Crippen LogP contribution in [0.1, 0.15) is 65.2 Å². The molecule has 0 aromatic rings. The topological polar surface area (TPSA) is 15.3 Å². The molecule has 0 bridgehead atoms. The zero-order chi connectivity index (χ0) is 14.9. The van der Waals surface area contributed by atoms with Gasteiger partial charge in [0.1, 0.15) is 0 Å². The number of piperidine rings is 1. The summed E-state index contributed by atoms with van der Waals surface area (Å²) in [5.74, 6) is 2.65. The van der Waals surface area contributed by atoms with Crippen molar-refractivity contribution >= 4 is 0 Å². The van der Waals surface area contributed by atoms with Crippen LogP contribution < -0.4 is 5.32 Å². The summed E-state index contributed by atoms with van der Waals surface area (Å²) in [6, 6.07) is 0.742. The maximum Gasteiger partial charge on any atom is 0.0110 e. The number of nitrogens with zero attached hydrogens (tertiary/aromatic N) is 1.